The van der Waals surface area contributed by atoms with Gasteiger partial charge in [-0.3, -0.25) is 0 Å². The Balaban J connectivity index is 1.89. The van der Waals surface area contributed by atoms with E-state index in [1.54, 1.807) is 0 Å². The summed E-state index contributed by atoms with van der Waals surface area (Å²) >= 11 is 6.19. The Labute approximate surface area is 213 Å². The van der Waals surface area contributed by atoms with Gasteiger partial charge in [-0.15, -0.1) is 0 Å². The number of benzene rings is 3. The SMILES string of the molecule is COC(=O)C1=C(C(=O)OC)SC(=c2c3ccccc3c(=C3SC(C)=C(C)S3)c3ccccc23)S1. The summed E-state index contributed by atoms with van der Waals surface area (Å²) in [4.78, 5) is 28.1. The van der Waals surface area contributed by atoms with Crippen molar-refractivity contribution in [3.8, 4) is 0 Å². The van der Waals surface area contributed by atoms with Gasteiger partial charge in [-0.05, 0) is 45.2 Å². The number of methoxy groups -OCH3 is 2. The molecule has 2 aliphatic heterocycles. The first-order valence-electron chi connectivity index (χ1n) is 10.4. The molecule has 2 aliphatic rings. The number of carbonyl (C=O) groups excluding carboxylic acids is 2. The lowest BCUT2D eigenvalue weighted by molar-refractivity contribution is -0.138. The van der Waals surface area contributed by atoms with Crippen molar-refractivity contribution in [2.24, 2.45) is 0 Å². The third-order valence-corrected chi connectivity index (χ3v) is 10.9. The number of thioether (sulfide) groups is 4. The molecule has 0 radical (unpaired) electrons. The molecule has 3 aromatic carbocycles. The molecule has 0 spiro atoms. The first kappa shape index (κ1) is 23.5. The van der Waals surface area contributed by atoms with Gasteiger partial charge in [-0.1, -0.05) is 95.6 Å². The van der Waals surface area contributed by atoms with Crippen molar-refractivity contribution in [3.63, 3.8) is 0 Å². The van der Waals surface area contributed by atoms with Crippen molar-refractivity contribution in [2.75, 3.05) is 14.2 Å². The molecule has 4 nitrogen and oxygen atoms in total. The van der Waals surface area contributed by atoms with Crippen LogP contribution in [0.15, 0.2) is 68.2 Å². The van der Waals surface area contributed by atoms with Gasteiger partial charge in [0.15, 0.2) is 0 Å². The van der Waals surface area contributed by atoms with E-state index in [2.05, 4.69) is 50.2 Å². The first-order valence-corrected chi connectivity index (χ1v) is 13.7. The second kappa shape index (κ2) is 9.41. The van der Waals surface area contributed by atoms with Crippen LogP contribution < -0.4 is 10.4 Å². The van der Waals surface area contributed by atoms with Gasteiger partial charge in [0.05, 0.1) is 22.7 Å². The smallest absolute Gasteiger partial charge is 0.346 e. The molecule has 0 N–H and O–H groups in total. The Morgan fingerprint density at radius 1 is 0.588 bits per heavy atom. The second-order valence-electron chi connectivity index (χ2n) is 7.58. The summed E-state index contributed by atoms with van der Waals surface area (Å²) in [6.07, 6.45) is 0. The van der Waals surface area contributed by atoms with E-state index < -0.39 is 11.9 Å². The van der Waals surface area contributed by atoms with Gasteiger partial charge in [-0.25, -0.2) is 9.59 Å². The molecule has 172 valence electrons. The largest absolute Gasteiger partial charge is 0.465 e. The van der Waals surface area contributed by atoms with Crippen LogP contribution in [0.2, 0.25) is 0 Å². The molecule has 0 saturated carbocycles. The molecule has 34 heavy (non-hydrogen) atoms. The zero-order chi connectivity index (χ0) is 24.0. The molecule has 0 aliphatic carbocycles. The highest BCUT2D eigenvalue weighted by Crippen LogP contribution is 2.52. The maximum Gasteiger partial charge on any atom is 0.346 e. The highest BCUT2D eigenvalue weighted by Gasteiger charge is 2.33. The minimum atomic E-state index is -0.538. The number of ether oxygens (including phenoxy) is 2. The maximum absolute atomic E-state index is 12.5. The van der Waals surface area contributed by atoms with E-state index in [9.17, 15) is 9.59 Å². The van der Waals surface area contributed by atoms with Crippen molar-refractivity contribution in [1.82, 2.24) is 0 Å². The third kappa shape index (κ3) is 3.86. The van der Waals surface area contributed by atoms with E-state index in [1.807, 2.05) is 35.7 Å². The number of esters is 2. The average Bonchev–Trinajstić information content (AvgIpc) is 3.44. The number of fused-ring (bicyclic) bond motifs is 2. The van der Waals surface area contributed by atoms with E-state index >= 15 is 0 Å². The molecular weight excluding hydrogens is 505 g/mol. The molecular formula is C26H20O4S4. The Bertz CT molecular complexity index is 1470. The van der Waals surface area contributed by atoms with Gasteiger partial charge in [0, 0.05) is 10.4 Å². The van der Waals surface area contributed by atoms with Crippen LogP contribution in [0, 0.1) is 0 Å². The average molecular weight is 525 g/mol. The summed E-state index contributed by atoms with van der Waals surface area (Å²) in [7, 11) is 2.64. The van der Waals surface area contributed by atoms with Gasteiger partial charge < -0.3 is 9.47 Å². The summed E-state index contributed by atoms with van der Waals surface area (Å²) in [5.41, 5.74) is 0. The maximum atomic E-state index is 12.5. The Morgan fingerprint density at radius 2 is 0.912 bits per heavy atom. The minimum Gasteiger partial charge on any atom is -0.465 e. The summed E-state index contributed by atoms with van der Waals surface area (Å²) in [6, 6.07) is 16.7. The monoisotopic (exact) mass is 524 g/mol. The predicted molar refractivity (Wildman–Crippen MR) is 147 cm³/mol. The topological polar surface area (TPSA) is 52.6 Å². The fourth-order valence-electron chi connectivity index (χ4n) is 3.97. The highest BCUT2D eigenvalue weighted by atomic mass is 32.2. The summed E-state index contributed by atoms with van der Waals surface area (Å²) in [6.45, 7) is 4.32. The number of carbonyl (C=O) groups is 2. The normalized spacial score (nSPS) is 16.2. The predicted octanol–water partition coefficient (Wildman–Crippen LogP) is 5.89. The number of hydrogen-bond donors (Lipinski definition) is 0. The van der Waals surface area contributed by atoms with Crippen LogP contribution in [0.5, 0.6) is 0 Å². The van der Waals surface area contributed by atoms with Gasteiger partial charge in [0.1, 0.15) is 9.81 Å². The van der Waals surface area contributed by atoms with Crippen LogP contribution in [0.4, 0.5) is 0 Å². The summed E-state index contributed by atoms with van der Waals surface area (Å²) < 4.78 is 12.1. The highest BCUT2D eigenvalue weighted by molar-refractivity contribution is 8.36. The summed E-state index contributed by atoms with van der Waals surface area (Å²) in [5, 5.41) is 6.70. The number of hydrogen-bond acceptors (Lipinski definition) is 8. The first-order chi connectivity index (χ1) is 16.4. The third-order valence-electron chi connectivity index (χ3n) is 5.66. The second-order valence-corrected chi connectivity index (χ2v) is 12.6. The van der Waals surface area contributed by atoms with Crippen LogP contribution in [0.25, 0.3) is 30.0 Å². The molecule has 0 amide bonds. The molecule has 8 heteroatoms. The molecule has 0 saturated heterocycles. The van der Waals surface area contributed by atoms with Crippen molar-refractivity contribution in [1.29, 1.82) is 0 Å². The van der Waals surface area contributed by atoms with Crippen LogP contribution in [0.3, 0.4) is 0 Å². The van der Waals surface area contributed by atoms with E-state index in [0.717, 1.165) is 31.0 Å². The zero-order valence-electron chi connectivity index (χ0n) is 18.9. The molecule has 2 heterocycles. The number of allylic oxidation sites excluding steroid dienone is 2. The standard InChI is InChI=1S/C26H20O4S4/c1-13-14(2)32-25(31-13)19-15-9-5-7-11-17(15)20(18-12-8-6-10-16(18)19)26-33-21(23(27)29-3)22(34-26)24(28)30-4/h5-12H,1-4H3. The fourth-order valence-corrected chi connectivity index (χ4v) is 9.24. The van der Waals surface area contributed by atoms with E-state index in [0.29, 0.717) is 0 Å². The van der Waals surface area contributed by atoms with Gasteiger partial charge >= 0.3 is 11.9 Å². The zero-order valence-corrected chi connectivity index (χ0v) is 22.2. The van der Waals surface area contributed by atoms with Gasteiger partial charge in [0.2, 0.25) is 0 Å². The van der Waals surface area contributed by atoms with Gasteiger partial charge in [0.25, 0.3) is 0 Å². The molecule has 5 rings (SSSR count). The lowest BCUT2D eigenvalue weighted by atomic mass is 9.99. The Morgan fingerprint density at radius 3 is 1.24 bits per heavy atom. The number of rotatable bonds is 2. The van der Waals surface area contributed by atoms with E-state index in [-0.39, 0.29) is 9.81 Å². The van der Waals surface area contributed by atoms with E-state index in [1.165, 1.54) is 57.0 Å². The van der Waals surface area contributed by atoms with Crippen molar-refractivity contribution in [3.05, 3.63) is 78.6 Å². The van der Waals surface area contributed by atoms with Crippen LogP contribution in [0.1, 0.15) is 13.8 Å². The quantitative estimate of drug-likeness (QED) is 0.304. The van der Waals surface area contributed by atoms with Gasteiger partial charge in [-0.2, -0.15) is 0 Å². The van der Waals surface area contributed by atoms with Crippen LogP contribution in [-0.2, 0) is 19.1 Å². The Kier molecular flexibility index (Phi) is 6.50. The molecule has 0 fully saturated rings. The molecule has 3 aromatic rings. The van der Waals surface area contributed by atoms with Crippen molar-refractivity contribution in [2.45, 2.75) is 13.8 Å². The molecule has 0 aromatic heterocycles. The van der Waals surface area contributed by atoms with Crippen LogP contribution in [-0.4, -0.2) is 26.2 Å². The van der Waals surface area contributed by atoms with Crippen molar-refractivity contribution >= 4 is 89.0 Å². The lowest BCUT2D eigenvalue weighted by Crippen LogP contribution is -2.16. The molecule has 0 atom stereocenters. The Hall–Kier alpha value is -2.26. The minimum absolute atomic E-state index is 0.262. The lowest BCUT2D eigenvalue weighted by Gasteiger charge is -2.11. The summed E-state index contributed by atoms with van der Waals surface area (Å²) in [5.74, 6) is -1.08. The van der Waals surface area contributed by atoms with Crippen molar-refractivity contribution < 1.29 is 19.1 Å². The van der Waals surface area contributed by atoms with E-state index in [4.69, 9.17) is 9.47 Å². The fraction of sp³-hybridized carbons (Fsp3) is 0.154. The molecule has 0 unspecified atom stereocenters. The molecule has 0 bridgehead atoms. The van der Waals surface area contributed by atoms with Crippen LogP contribution >= 0.6 is 47.0 Å².